The summed E-state index contributed by atoms with van der Waals surface area (Å²) < 4.78 is 4.88. The van der Waals surface area contributed by atoms with Gasteiger partial charge in [-0.1, -0.05) is 29.8 Å². The Labute approximate surface area is 121 Å². The maximum Gasteiger partial charge on any atom is 0.306 e. The van der Waals surface area contributed by atoms with Gasteiger partial charge >= 0.3 is 5.97 Å². The lowest BCUT2D eigenvalue weighted by Crippen LogP contribution is -2.45. The highest BCUT2D eigenvalue weighted by atomic mass is 16.5. The number of esters is 1. The summed E-state index contributed by atoms with van der Waals surface area (Å²) in [5, 5.41) is 0. The van der Waals surface area contributed by atoms with Crippen LogP contribution in [0.15, 0.2) is 24.3 Å². The van der Waals surface area contributed by atoms with Crippen molar-refractivity contribution in [3.05, 3.63) is 35.4 Å². The fraction of sp³-hybridized carbons (Fsp3) is 0.611. The van der Waals surface area contributed by atoms with Crippen molar-refractivity contribution in [3.63, 3.8) is 0 Å². The summed E-state index contributed by atoms with van der Waals surface area (Å²) in [6.45, 7) is 2.14. The predicted molar refractivity (Wildman–Crippen MR) is 79.6 cm³/mol. The smallest absolute Gasteiger partial charge is 0.306 e. The number of carbonyl (C=O) groups excluding carboxylic acids is 1. The summed E-state index contributed by atoms with van der Waals surface area (Å²) in [5.41, 5.74) is 3.46. The Balaban J connectivity index is 1.76. The summed E-state index contributed by atoms with van der Waals surface area (Å²) in [4.78, 5) is 11.6. The largest absolute Gasteiger partial charge is 0.469 e. The van der Waals surface area contributed by atoms with E-state index in [9.17, 15) is 4.79 Å². The zero-order valence-electron chi connectivity index (χ0n) is 12.6. The SMILES string of the molecule is COC(=O)CC12CCC(c3ccc(C)cc3)(CC1)CC2. The molecule has 0 saturated heterocycles. The Morgan fingerprint density at radius 1 is 1.05 bits per heavy atom. The van der Waals surface area contributed by atoms with Gasteiger partial charge in [-0.3, -0.25) is 4.79 Å². The lowest BCUT2D eigenvalue weighted by Gasteiger charge is -2.53. The first-order chi connectivity index (χ1) is 9.57. The fourth-order valence-corrected chi connectivity index (χ4v) is 4.25. The number of hydrogen-bond acceptors (Lipinski definition) is 2. The Kier molecular flexibility index (Phi) is 3.35. The number of ether oxygens (including phenoxy) is 1. The first-order valence-corrected chi connectivity index (χ1v) is 7.72. The van der Waals surface area contributed by atoms with Crippen LogP contribution in [0.3, 0.4) is 0 Å². The molecule has 0 N–H and O–H groups in total. The molecule has 3 aliphatic rings. The number of hydrogen-bond donors (Lipinski definition) is 0. The summed E-state index contributed by atoms with van der Waals surface area (Å²) in [6.07, 6.45) is 7.84. The van der Waals surface area contributed by atoms with Crippen LogP contribution in [0.4, 0.5) is 0 Å². The normalized spacial score (nSPS) is 32.1. The van der Waals surface area contributed by atoms with Gasteiger partial charge in [0.05, 0.1) is 13.5 Å². The molecule has 0 spiro atoms. The monoisotopic (exact) mass is 272 g/mol. The molecule has 2 nitrogen and oxygen atoms in total. The molecule has 0 radical (unpaired) electrons. The molecule has 0 amide bonds. The van der Waals surface area contributed by atoms with Gasteiger partial charge in [0, 0.05) is 0 Å². The van der Waals surface area contributed by atoms with E-state index in [0.29, 0.717) is 11.8 Å². The van der Waals surface area contributed by atoms with Crippen LogP contribution in [-0.4, -0.2) is 13.1 Å². The van der Waals surface area contributed by atoms with Crippen molar-refractivity contribution < 1.29 is 9.53 Å². The van der Waals surface area contributed by atoms with Crippen LogP contribution in [0.25, 0.3) is 0 Å². The molecule has 3 aliphatic carbocycles. The average molecular weight is 272 g/mol. The molecule has 0 heterocycles. The summed E-state index contributed by atoms with van der Waals surface area (Å²) in [7, 11) is 1.50. The average Bonchev–Trinajstić information content (AvgIpc) is 2.49. The summed E-state index contributed by atoms with van der Waals surface area (Å²) in [6, 6.07) is 9.09. The summed E-state index contributed by atoms with van der Waals surface area (Å²) in [5.74, 6) is -0.0327. The number of benzene rings is 1. The number of aryl methyl sites for hydroxylation is 1. The minimum Gasteiger partial charge on any atom is -0.469 e. The van der Waals surface area contributed by atoms with Gasteiger partial charge in [-0.15, -0.1) is 0 Å². The third-order valence-corrected chi connectivity index (χ3v) is 5.81. The van der Waals surface area contributed by atoms with Gasteiger partial charge in [0.1, 0.15) is 0 Å². The number of carbonyl (C=O) groups is 1. The molecule has 0 aromatic heterocycles. The van der Waals surface area contributed by atoms with Gasteiger partial charge in [-0.2, -0.15) is 0 Å². The Hall–Kier alpha value is -1.31. The highest BCUT2D eigenvalue weighted by Gasteiger charge is 2.49. The number of fused-ring (bicyclic) bond motifs is 3. The van der Waals surface area contributed by atoms with Crippen molar-refractivity contribution in [3.8, 4) is 0 Å². The van der Waals surface area contributed by atoms with E-state index in [1.807, 2.05) is 0 Å². The second-order valence-electron chi connectivity index (χ2n) is 6.90. The first kappa shape index (κ1) is 13.7. The highest BCUT2D eigenvalue weighted by molar-refractivity contribution is 5.70. The van der Waals surface area contributed by atoms with Gasteiger partial charge in [0.15, 0.2) is 0 Å². The molecule has 4 rings (SSSR count). The fourth-order valence-electron chi connectivity index (χ4n) is 4.25. The molecule has 2 bridgehead atoms. The quantitative estimate of drug-likeness (QED) is 0.773. The van der Waals surface area contributed by atoms with Crippen LogP contribution < -0.4 is 0 Å². The van der Waals surface area contributed by atoms with Gasteiger partial charge < -0.3 is 4.74 Å². The third-order valence-electron chi connectivity index (χ3n) is 5.81. The maximum atomic E-state index is 11.6. The van der Waals surface area contributed by atoms with Crippen LogP contribution in [0.5, 0.6) is 0 Å². The molecule has 0 atom stereocenters. The molecular formula is C18H24O2. The highest BCUT2D eigenvalue weighted by Crippen LogP contribution is 2.59. The molecule has 3 fully saturated rings. The zero-order valence-corrected chi connectivity index (χ0v) is 12.6. The van der Waals surface area contributed by atoms with Gasteiger partial charge in [-0.05, 0) is 61.8 Å². The van der Waals surface area contributed by atoms with Crippen molar-refractivity contribution in [1.29, 1.82) is 0 Å². The standard InChI is InChI=1S/C18H24O2/c1-14-3-5-15(6-4-14)18-10-7-17(8-11-18,9-12-18)13-16(19)20-2/h3-6H,7-13H2,1-2H3. The van der Waals surface area contributed by atoms with Gasteiger partial charge in [0.25, 0.3) is 0 Å². The van der Waals surface area contributed by atoms with E-state index < -0.39 is 0 Å². The van der Waals surface area contributed by atoms with Crippen molar-refractivity contribution in [2.24, 2.45) is 5.41 Å². The minimum atomic E-state index is -0.0327. The van der Waals surface area contributed by atoms with Crippen molar-refractivity contribution in [2.75, 3.05) is 7.11 Å². The van der Waals surface area contributed by atoms with Crippen molar-refractivity contribution in [1.82, 2.24) is 0 Å². The Bertz CT molecular complexity index is 476. The van der Waals surface area contributed by atoms with Crippen LogP contribution in [0.2, 0.25) is 0 Å². The zero-order chi connectivity index (χ0) is 14.2. The second kappa shape index (κ2) is 4.91. The molecule has 20 heavy (non-hydrogen) atoms. The molecule has 0 unspecified atom stereocenters. The van der Waals surface area contributed by atoms with Gasteiger partial charge in [-0.25, -0.2) is 0 Å². The Morgan fingerprint density at radius 2 is 1.60 bits per heavy atom. The first-order valence-electron chi connectivity index (χ1n) is 7.72. The molecule has 1 aromatic carbocycles. The van der Waals surface area contributed by atoms with E-state index in [-0.39, 0.29) is 11.4 Å². The van der Waals surface area contributed by atoms with Gasteiger partial charge in [0.2, 0.25) is 0 Å². The molecule has 3 saturated carbocycles. The molecule has 0 aliphatic heterocycles. The predicted octanol–water partition coefficient (Wildman–Crippen LogP) is 4.15. The van der Waals surface area contributed by atoms with Crippen molar-refractivity contribution >= 4 is 5.97 Å². The summed E-state index contributed by atoms with van der Waals surface area (Å²) >= 11 is 0. The van der Waals surface area contributed by atoms with E-state index in [1.54, 1.807) is 0 Å². The van der Waals surface area contributed by atoms with Crippen LogP contribution in [-0.2, 0) is 14.9 Å². The van der Waals surface area contributed by atoms with E-state index in [4.69, 9.17) is 4.74 Å². The second-order valence-corrected chi connectivity index (χ2v) is 6.90. The molecular weight excluding hydrogens is 248 g/mol. The van der Waals surface area contributed by atoms with E-state index >= 15 is 0 Å². The number of methoxy groups -OCH3 is 1. The van der Waals surface area contributed by atoms with Crippen LogP contribution >= 0.6 is 0 Å². The van der Waals surface area contributed by atoms with E-state index in [1.165, 1.54) is 56.8 Å². The lowest BCUT2D eigenvalue weighted by atomic mass is 9.51. The van der Waals surface area contributed by atoms with E-state index in [2.05, 4.69) is 31.2 Å². The van der Waals surface area contributed by atoms with Crippen molar-refractivity contribution in [2.45, 2.75) is 57.3 Å². The Morgan fingerprint density at radius 3 is 2.10 bits per heavy atom. The van der Waals surface area contributed by atoms with E-state index in [0.717, 1.165) is 0 Å². The minimum absolute atomic E-state index is 0.0327. The topological polar surface area (TPSA) is 26.3 Å². The van der Waals surface area contributed by atoms with Crippen LogP contribution in [0, 0.1) is 12.3 Å². The lowest BCUT2D eigenvalue weighted by molar-refractivity contribution is -0.145. The van der Waals surface area contributed by atoms with Crippen LogP contribution in [0.1, 0.15) is 56.1 Å². The molecule has 1 aromatic rings. The molecule has 2 heteroatoms. The number of rotatable bonds is 3. The molecule has 108 valence electrons. The third kappa shape index (κ3) is 2.25. The maximum absolute atomic E-state index is 11.6.